The standard InChI is InChI=1S/C8H14O2/c1-3-4-5-6-7(2)8(9)10/h3,7H,1,4-6H2,2H3,(H,9,10). The first kappa shape index (κ1) is 9.21. The number of carboxylic acid groups (broad SMARTS) is 1. The summed E-state index contributed by atoms with van der Waals surface area (Å²) in [4.78, 5) is 10.3. The van der Waals surface area contributed by atoms with E-state index in [1.807, 2.05) is 6.08 Å². The smallest absolute Gasteiger partial charge is 0.306 e. The summed E-state index contributed by atoms with van der Waals surface area (Å²) in [5.41, 5.74) is 0. The molecule has 0 aromatic heterocycles. The van der Waals surface area contributed by atoms with Gasteiger partial charge in [0.15, 0.2) is 0 Å². The molecule has 0 heterocycles. The van der Waals surface area contributed by atoms with Gasteiger partial charge in [-0.05, 0) is 19.3 Å². The lowest BCUT2D eigenvalue weighted by atomic mass is 10.0. The minimum atomic E-state index is -0.705. The molecule has 0 amide bonds. The highest BCUT2D eigenvalue weighted by atomic mass is 16.4. The summed E-state index contributed by atoms with van der Waals surface area (Å²) in [6.45, 7) is 5.28. The van der Waals surface area contributed by atoms with Crippen LogP contribution in [-0.2, 0) is 4.79 Å². The van der Waals surface area contributed by atoms with Crippen LogP contribution in [0.2, 0.25) is 0 Å². The van der Waals surface area contributed by atoms with Crippen LogP contribution in [0.3, 0.4) is 0 Å². The molecule has 0 aliphatic carbocycles. The van der Waals surface area contributed by atoms with Crippen molar-refractivity contribution in [3.05, 3.63) is 12.7 Å². The fourth-order valence-electron chi connectivity index (χ4n) is 0.692. The fourth-order valence-corrected chi connectivity index (χ4v) is 0.692. The highest BCUT2D eigenvalue weighted by molar-refractivity contribution is 5.69. The van der Waals surface area contributed by atoms with Gasteiger partial charge in [-0.3, -0.25) is 4.79 Å². The summed E-state index contributed by atoms with van der Waals surface area (Å²) < 4.78 is 0. The van der Waals surface area contributed by atoms with Gasteiger partial charge in [-0.25, -0.2) is 0 Å². The number of aliphatic carboxylic acids is 1. The van der Waals surface area contributed by atoms with Crippen LogP contribution in [0.25, 0.3) is 0 Å². The molecule has 0 radical (unpaired) electrons. The predicted molar refractivity (Wildman–Crippen MR) is 40.8 cm³/mol. The van der Waals surface area contributed by atoms with Gasteiger partial charge in [0, 0.05) is 0 Å². The lowest BCUT2D eigenvalue weighted by Gasteiger charge is -2.02. The fraction of sp³-hybridized carbons (Fsp3) is 0.625. The first-order chi connectivity index (χ1) is 4.68. The van der Waals surface area contributed by atoms with Crippen LogP contribution in [0.4, 0.5) is 0 Å². The van der Waals surface area contributed by atoms with Crippen molar-refractivity contribution in [1.29, 1.82) is 0 Å². The zero-order chi connectivity index (χ0) is 7.98. The van der Waals surface area contributed by atoms with Gasteiger partial charge in [0.05, 0.1) is 5.92 Å². The number of rotatable bonds is 5. The highest BCUT2D eigenvalue weighted by Crippen LogP contribution is 2.07. The number of hydrogen-bond donors (Lipinski definition) is 1. The van der Waals surface area contributed by atoms with Gasteiger partial charge in [-0.2, -0.15) is 0 Å². The van der Waals surface area contributed by atoms with Crippen LogP contribution in [-0.4, -0.2) is 11.1 Å². The Morgan fingerprint density at radius 3 is 2.80 bits per heavy atom. The van der Waals surface area contributed by atoms with E-state index in [4.69, 9.17) is 5.11 Å². The van der Waals surface area contributed by atoms with Crippen LogP contribution in [0.15, 0.2) is 12.7 Å². The summed E-state index contributed by atoms with van der Waals surface area (Å²) in [6, 6.07) is 0. The third-order valence-electron chi connectivity index (χ3n) is 1.47. The van der Waals surface area contributed by atoms with E-state index < -0.39 is 5.97 Å². The van der Waals surface area contributed by atoms with E-state index in [9.17, 15) is 4.79 Å². The molecule has 0 rings (SSSR count). The van der Waals surface area contributed by atoms with Crippen molar-refractivity contribution in [3.8, 4) is 0 Å². The Balaban J connectivity index is 3.30. The Bertz CT molecular complexity index is 118. The molecule has 0 aliphatic heterocycles. The molecule has 0 bridgehead atoms. The first-order valence-corrected chi connectivity index (χ1v) is 3.52. The molecule has 1 atom stereocenters. The molecule has 0 saturated heterocycles. The summed E-state index contributed by atoms with van der Waals surface area (Å²) in [6.07, 6.45) is 4.41. The summed E-state index contributed by atoms with van der Waals surface area (Å²) in [5.74, 6) is -0.913. The summed E-state index contributed by atoms with van der Waals surface area (Å²) in [7, 11) is 0. The Morgan fingerprint density at radius 2 is 2.40 bits per heavy atom. The van der Waals surface area contributed by atoms with E-state index in [1.54, 1.807) is 6.92 Å². The largest absolute Gasteiger partial charge is 0.481 e. The average molecular weight is 142 g/mol. The molecule has 0 aromatic rings. The Hall–Kier alpha value is -0.790. The minimum Gasteiger partial charge on any atom is -0.481 e. The van der Waals surface area contributed by atoms with Gasteiger partial charge in [0.2, 0.25) is 0 Å². The molecule has 0 aromatic carbocycles. The number of carbonyl (C=O) groups is 1. The van der Waals surface area contributed by atoms with Crippen molar-refractivity contribution in [2.24, 2.45) is 5.92 Å². The van der Waals surface area contributed by atoms with Gasteiger partial charge in [0.1, 0.15) is 0 Å². The Morgan fingerprint density at radius 1 is 1.80 bits per heavy atom. The quantitative estimate of drug-likeness (QED) is 0.471. The van der Waals surface area contributed by atoms with Gasteiger partial charge >= 0.3 is 5.97 Å². The normalized spacial score (nSPS) is 12.5. The highest BCUT2D eigenvalue weighted by Gasteiger charge is 2.08. The zero-order valence-electron chi connectivity index (χ0n) is 6.34. The number of carboxylic acids is 1. The molecular weight excluding hydrogens is 128 g/mol. The Labute approximate surface area is 61.6 Å². The first-order valence-electron chi connectivity index (χ1n) is 3.52. The molecule has 1 N–H and O–H groups in total. The van der Waals surface area contributed by atoms with E-state index in [-0.39, 0.29) is 5.92 Å². The van der Waals surface area contributed by atoms with Crippen molar-refractivity contribution in [2.75, 3.05) is 0 Å². The monoisotopic (exact) mass is 142 g/mol. The molecule has 10 heavy (non-hydrogen) atoms. The van der Waals surface area contributed by atoms with E-state index in [2.05, 4.69) is 6.58 Å². The second-order valence-corrected chi connectivity index (χ2v) is 2.46. The van der Waals surface area contributed by atoms with E-state index in [0.29, 0.717) is 0 Å². The minimum absolute atomic E-state index is 0.208. The van der Waals surface area contributed by atoms with Crippen LogP contribution in [0.1, 0.15) is 26.2 Å². The average Bonchev–Trinajstić information content (AvgIpc) is 1.88. The van der Waals surface area contributed by atoms with Crippen molar-refractivity contribution < 1.29 is 9.90 Å². The van der Waals surface area contributed by atoms with Crippen LogP contribution in [0.5, 0.6) is 0 Å². The predicted octanol–water partition coefficient (Wildman–Crippen LogP) is 2.06. The van der Waals surface area contributed by atoms with Crippen molar-refractivity contribution in [3.63, 3.8) is 0 Å². The Kier molecular flexibility index (Phi) is 4.63. The van der Waals surface area contributed by atoms with Crippen molar-refractivity contribution in [2.45, 2.75) is 26.2 Å². The molecule has 2 heteroatoms. The zero-order valence-corrected chi connectivity index (χ0v) is 6.34. The van der Waals surface area contributed by atoms with Gasteiger partial charge < -0.3 is 5.11 Å². The van der Waals surface area contributed by atoms with Gasteiger partial charge in [0.25, 0.3) is 0 Å². The molecule has 1 unspecified atom stereocenters. The maximum atomic E-state index is 10.3. The SMILES string of the molecule is C=CCCCC(C)C(=O)O. The molecule has 0 aliphatic rings. The van der Waals surface area contributed by atoms with E-state index >= 15 is 0 Å². The second-order valence-electron chi connectivity index (χ2n) is 2.46. The summed E-state index contributed by atoms with van der Waals surface area (Å²) in [5, 5.41) is 8.46. The van der Waals surface area contributed by atoms with E-state index in [1.165, 1.54) is 0 Å². The number of hydrogen-bond acceptors (Lipinski definition) is 1. The van der Waals surface area contributed by atoms with Crippen molar-refractivity contribution in [1.82, 2.24) is 0 Å². The third kappa shape index (κ3) is 4.13. The van der Waals surface area contributed by atoms with Crippen LogP contribution < -0.4 is 0 Å². The topological polar surface area (TPSA) is 37.3 Å². The summed E-state index contributed by atoms with van der Waals surface area (Å²) >= 11 is 0. The lowest BCUT2D eigenvalue weighted by molar-refractivity contribution is -0.141. The number of allylic oxidation sites excluding steroid dienone is 1. The molecule has 0 fully saturated rings. The number of unbranched alkanes of at least 4 members (excludes halogenated alkanes) is 1. The van der Waals surface area contributed by atoms with Crippen molar-refractivity contribution >= 4 is 5.97 Å². The van der Waals surface area contributed by atoms with E-state index in [0.717, 1.165) is 19.3 Å². The molecule has 58 valence electrons. The molecule has 0 spiro atoms. The lowest BCUT2D eigenvalue weighted by Crippen LogP contribution is -2.08. The second kappa shape index (κ2) is 5.03. The van der Waals surface area contributed by atoms with Crippen LogP contribution in [0, 0.1) is 5.92 Å². The maximum Gasteiger partial charge on any atom is 0.306 e. The van der Waals surface area contributed by atoms with Gasteiger partial charge in [-0.15, -0.1) is 6.58 Å². The van der Waals surface area contributed by atoms with Crippen LogP contribution >= 0.6 is 0 Å². The van der Waals surface area contributed by atoms with Gasteiger partial charge in [-0.1, -0.05) is 13.0 Å². The maximum absolute atomic E-state index is 10.3. The third-order valence-corrected chi connectivity index (χ3v) is 1.47. The molecule has 0 saturated carbocycles. The molecule has 2 nitrogen and oxygen atoms in total. The molecular formula is C8H14O2.